The number of nitrogens with zero attached hydrogens (tertiary/aromatic N) is 2. The van der Waals surface area contributed by atoms with Crippen LogP contribution >= 0.6 is 0 Å². The summed E-state index contributed by atoms with van der Waals surface area (Å²) in [7, 11) is 2.79. The second-order valence-corrected chi connectivity index (χ2v) is 6.00. The molecule has 1 aromatic rings. The summed E-state index contributed by atoms with van der Waals surface area (Å²) in [6, 6.07) is 1.57. The molecule has 0 heterocycles. The maximum Gasteiger partial charge on any atom is 0.418 e. The van der Waals surface area contributed by atoms with Crippen LogP contribution in [0.1, 0.15) is 25.0 Å². The second kappa shape index (κ2) is 6.54. The number of nitro groups is 1. The minimum absolute atomic E-state index is 0.00273. The molecule has 0 fully saturated rings. The van der Waals surface area contributed by atoms with E-state index >= 15 is 0 Å². The van der Waals surface area contributed by atoms with Crippen molar-refractivity contribution in [3.05, 3.63) is 33.4 Å². The lowest BCUT2D eigenvalue weighted by molar-refractivity contribution is -0.385. The molecule has 134 valence electrons. The molecule has 7 nitrogen and oxygen atoms in total. The normalized spacial score (nSPS) is 12.0. The van der Waals surface area contributed by atoms with E-state index < -0.39 is 34.0 Å². The Morgan fingerprint density at radius 2 is 1.88 bits per heavy atom. The Morgan fingerprint density at radius 1 is 1.33 bits per heavy atom. The number of nitrogens with two attached hydrogens (primary N) is 1. The Bertz CT molecular complexity index is 657. The first-order valence-corrected chi connectivity index (χ1v) is 6.79. The number of carbonyl (C=O) groups excluding carboxylic acids is 1. The molecule has 0 bridgehead atoms. The van der Waals surface area contributed by atoms with Gasteiger partial charge >= 0.3 is 12.3 Å². The number of nitro benzene ring substituents is 1. The van der Waals surface area contributed by atoms with Gasteiger partial charge in [-0.2, -0.15) is 13.2 Å². The molecule has 1 rings (SSSR count). The summed E-state index contributed by atoms with van der Waals surface area (Å²) in [5, 5.41) is 11.2. The molecular formula is C14H18F3N3O4. The molecule has 0 aliphatic heterocycles. The van der Waals surface area contributed by atoms with Crippen molar-refractivity contribution < 1.29 is 27.6 Å². The van der Waals surface area contributed by atoms with Crippen LogP contribution in [0.5, 0.6) is 0 Å². The zero-order valence-electron chi connectivity index (χ0n) is 13.6. The highest BCUT2D eigenvalue weighted by molar-refractivity contribution is 5.66. The first-order valence-electron chi connectivity index (χ1n) is 6.79. The second-order valence-electron chi connectivity index (χ2n) is 6.00. The zero-order chi connectivity index (χ0) is 18.9. The zero-order valence-corrected chi connectivity index (χ0v) is 13.6. The number of rotatable bonds is 5. The predicted molar refractivity (Wildman–Crippen MR) is 80.9 cm³/mol. The molecule has 1 aromatic carbocycles. The van der Waals surface area contributed by atoms with Crippen LogP contribution in [0.25, 0.3) is 0 Å². The molecule has 24 heavy (non-hydrogen) atoms. The average molecular weight is 349 g/mol. The highest BCUT2D eigenvalue weighted by atomic mass is 19.4. The van der Waals surface area contributed by atoms with E-state index in [4.69, 9.17) is 10.5 Å². The van der Waals surface area contributed by atoms with Gasteiger partial charge in [0, 0.05) is 37.8 Å². The molecule has 0 radical (unpaired) electrons. The molecule has 0 saturated carbocycles. The number of benzene rings is 1. The number of anilines is 1. The summed E-state index contributed by atoms with van der Waals surface area (Å²) in [4.78, 5) is 22.4. The van der Waals surface area contributed by atoms with E-state index in [-0.39, 0.29) is 17.7 Å². The fourth-order valence-electron chi connectivity index (χ4n) is 2.30. The van der Waals surface area contributed by atoms with Crippen LogP contribution in [-0.4, -0.2) is 30.7 Å². The lowest BCUT2D eigenvalue weighted by Crippen LogP contribution is -2.33. The van der Waals surface area contributed by atoms with Crippen LogP contribution in [-0.2, 0) is 17.3 Å². The van der Waals surface area contributed by atoms with Gasteiger partial charge < -0.3 is 15.4 Å². The summed E-state index contributed by atoms with van der Waals surface area (Å²) >= 11 is 0. The van der Waals surface area contributed by atoms with Gasteiger partial charge in [-0.1, -0.05) is 0 Å². The number of alkyl halides is 3. The molecule has 0 saturated heterocycles. The minimum Gasteiger partial charge on any atom is -0.443 e. The van der Waals surface area contributed by atoms with Gasteiger partial charge in [0.1, 0.15) is 5.60 Å². The molecule has 0 aliphatic rings. The van der Waals surface area contributed by atoms with Gasteiger partial charge in [-0.15, -0.1) is 0 Å². The molecule has 10 heteroatoms. The van der Waals surface area contributed by atoms with Crippen LogP contribution in [0, 0.1) is 10.1 Å². The first kappa shape index (κ1) is 19.5. The number of hydrogen-bond donors (Lipinski definition) is 1. The number of hydrogen-bond acceptors (Lipinski definition) is 5. The average Bonchev–Trinajstić information content (AvgIpc) is 2.33. The quantitative estimate of drug-likeness (QED) is 0.650. The fraction of sp³-hybridized carbons (Fsp3) is 0.500. The number of carbonyl (C=O) groups is 1. The van der Waals surface area contributed by atoms with Gasteiger partial charge in [-0.05, 0) is 19.9 Å². The maximum absolute atomic E-state index is 13.2. The number of ether oxygens (including phenoxy) is 1. The van der Waals surface area contributed by atoms with Crippen LogP contribution < -0.4 is 10.6 Å². The summed E-state index contributed by atoms with van der Waals surface area (Å²) in [6.07, 6.45) is -6.00. The molecule has 2 N–H and O–H groups in total. The van der Waals surface area contributed by atoms with Crippen LogP contribution in [0.2, 0.25) is 0 Å². The maximum atomic E-state index is 13.2. The van der Waals surface area contributed by atoms with Gasteiger partial charge in [-0.3, -0.25) is 10.1 Å². The summed E-state index contributed by atoms with van der Waals surface area (Å²) in [6.45, 7) is 2.91. The standard InChI is InChI=1S/C14H18F3N3O4/c1-13(2,24-12(18)21)7-8-5-11(19(3)4)9(14(15,16)17)6-10(8)20(22)23/h5-6H,7H2,1-4H3,(H2,18,21). The molecule has 1 amide bonds. The van der Waals surface area contributed by atoms with E-state index in [1.54, 1.807) is 0 Å². The summed E-state index contributed by atoms with van der Waals surface area (Å²) in [5.41, 5.74) is 1.68. The number of amides is 1. The van der Waals surface area contributed by atoms with Crippen LogP contribution in [0.4, 0.5) is 29.3 Å². The van der Waals surface area contributed by atoms with Crippen molar-refractivity contribution in [3.63, 3.8) is 0 Å². The summed E-state index contributed by atoms with van der Waals surface area (Å²) in [5.74, 6) is 0. The van der Waals surface area contributed by atoms with E-state index in [0.717, 1.165) is 6.07 Å². The monoisotopic (exact) mass is 349 g/mol. The van der Waals surface area contributed by atoms with Crippen molar-refractivity contribution in [1.82, 2.24) is 0 Å². The highest BCUT2D eigenvalue weighted by Gasteiger charge is 2.38. The fourth-order valence-corrected chi connectivity index (χ4v) is 2.30. The molecule has 0 atom stereocenters. The van der Waals surface area contributed by atoms with Crippen molar-refractivity contribution in [3.8, 4) is 0 Å². The van der Waals surface area contributed by atoms with Gasteiger partial charge in [0.05, 0.1) is 10.5 Å². The topological polar surface area (TPSA) is 98.7 Å². The molecule has 0 aromatic heterocycles. The first-order chi connectivity index (χ1) is 10.7. The Balaban J connectivity index is 3.52. The lowest BCUT2D eigenvalue weighted by atomic mass is 9.94. The lowest BCUT2D eigenvalue weighted by Gasteiger charge is -2.25. The van der Waals surface area contributed by atoms with Gasteiger partial charge in [0.2, 0.25) is 0 Å². The molecule has 0 spiro atoms. The largest absolute Gasteiger partial charge is 0.443 e. The molecular weight excluding hydrogens is 331 g/mol. The van der Waals surface area contributed by atoms with E-state index in [1.165, 1.54) is 32.8 Å². The van der Waals surface area contributed by atoms with E-state index in [0.29, 0.717) is 6.07 Å². The highest BCUT2D eigenvalue weighted by Crippen LogP contribution is 2.40. The third-order valence-corrected chi connectivity index (χ3v) is 3.17. The smallest absolute Gasteiger partial charge is 0.418 e. The van der Waals surface area contributed by atoms with Crippen LogP contribution in [0.15, 0.2) is 12.1 Å². The number of halogens is 3. The Morgan fingerprint density at radius 3 is 2.25 bits per heavy atom. The number of primary amides is 1. The van der Waals surface area contributed by atoms with Gasteiger partial charge in [0.25, 0.3) is 5.69 Å². The summed E-state index contributed by atoms with van der Waals surface area (Å²) < 4.78 is 44.3. The third-order valence-electron chi connectivity index (χ3n) is 3.17. The predicted octanol–water partition coefficient (Wildman–Crippen LogP) is 3.10. The van der Waals surface area contributed by atoms with Crippen molar-refractivity contribution in [2.45, 2.75) is 32.0 Å². The van der Waals surface area contributed by atoms with Crippen molar-refractivity contribution in [1.29, 1.82) is 0 Å². The van der Waals surface area contributed by atoms with Crippen LogP contribution in [0.3, 0.4) is 0 Å². The van der Waals surface area contributed by atoms with Crippen molar-refractivity contribution >= 4 is 17.5 Å². The van der Waals surface area contributed by atoms with Gasteiger partial charge in [0.15, 0.2) is 0 Å². The van der Waals surface area contributed by atoms with Crippen molar-refractivity contribution in [2.24, 2.45) is 5.73 Å². The minimum atomic E-state index is -4.75. The van der Waals surface area contributed by atoms with E-state index in [9.17, 15) is 28.1 Å². The SMILES string of the molecule is CN(C)c1cc(CC(C)(C)OC(N)=O)c([N+](=O)[O-])cc1C(F)(F)F. The third kappa shape index (κ3) is 4.74. The molecule has 0 aliphatic carbocycles. The Labute approximate surface area is 136 Å². The molecule has 0 unspecified atom stereocenters. The Hall–Kier alpha value is -2.52. The van der Waals surface area contributed by atoms with E-state index in [2.05, 4.69) is 0 Å². The van der Waals surface area contributed by atoms with Crippen molar-refractivity contribution in [2.75, 3.05) is 19.0 Å². The van der Waals surface area contributed by atoms with E-state index in [1.807, 2.05) is 0 Å². The Kier molecular flexibility index (Phi) is 5.32. The van der Waals surface area contributed by atoms with Gasteiger partial charge in [-0.25, -0.2) is 4.79 Å².